The smallest absolute Gasteiger partial charge is 0.344 e. The van der Waals surface area contributed by atoms with Crippen LogP contribution < -0.4 is 5.63 Å². The molecule has 4 rings (SSSR count). The SMILES string of the molecule is CC[C@H]1CCCCN1Cc1cc2c(oc(=O)c3ccccc32)c(C)c1O. The quantitative estimate of drug-likeness (QED) is 0.548. The van der Waals surface area contributed by atoms with Gasteiger partial charge in [0.1, 0.15) is 11.3 Å². The first kappa shape index (κ1) is 17.1. The summed E-state index contributed by atoms with van der Waals surface area (Å²) < 4.78 is 5.54. The minimum atomic E-state index is -0.356. The van der Waals surface area contributed by atoms with Crippen LogP contribution in [0, 0.1) is 6.92 Å². The molecule has 0 saturated carbocycles. The van der Waals surface area contributed by atoms with Crippen molar-refractivity contribution in [3.63, 3.8) is 0 Å². The van der Waals surface area contributed by atoms with Crippen LogP contribution in [0.25, 0.3) is 21.7 Å². The van der Waals surface area contributed by atoms with Gasteiger partial charge in [-0.2, -0.15) is 0 Å². The van der Waals surface area contributed by atoms with E-state index in [9.17, 15) is 9.90 Å². The second-order valence-electron chi connectivity index (χ2n) is 7.35. The Balaban J connectivity index is 1.88. The molecule has 1 fully saturated rings. The monoisotopic (exact) mass is 351 g/mol. The van der Waals surface area contributed by atoms with E-state index in [4.69, 9.17) is 4.42 Å². The molecule has 2 aromatic carbocycles. The Morgan fingerprint density at radius 2 is 1.96 bits per heavy atom. The number of nitrogens with zero attached hydrogens (tertiary/aromatic N) is 1. The van der Waals surface area contributed by atoms with E-state index in [-0.39, 0.29) is 11.4 Å². The maximum atomic E-state index is 12.3. The van der Waals surface area contributed by atoms with Crippen LogP contribution in [0.2, 0.25) is 0 Å². The van der Waals surface area contributed by atoms with Crippen molar-refractivity contribution in [2.75, 3.05) is 6.54 Å². The van der Waals surface area contributed by atoms with Crippen LogP contribution in [0.3, 0.4) is 0 Å². The summed E-state index contributed by atoms with van der Waals surface area (Å²) in [5, 5.41) is 13.1. The third-order valence-electron chi connectivity index (χ3n) is 5.79. The summed E-state index contributed by atoms with van der Waals surface area (Å²) >= 11 is 0. The average molecular weight is 351 g/mol. The number of benzene rings is 2. The van der Waals surface area contributed by atoms with Crippen molar-refractivity contribution in [2.45, 2.75) is 52.1 Å². The molecule has 0 spiro atoms. The molecule has 0 unspecified atom stereocenters. The van der Waals surface area contributed by atoms with E-state index in [2.05, 4.69) is 11.8 Å². The van der Waals surface area contributed by atoms with Gasteiger partial charge < -0.3 is 9.52 Å². The van der Waals surface area contributed by atoms with Crippen LogP contribution in [-0.4, -0.2) is 22.6 Å². The predicted molar refractivity (Wildman–Crippen MR) is 105 cm³/mol. The highest BCUT2D eigenvalue weighted by molar-refractivity contribution is 6.05. The summed E-state index contributed by atoms with van der Waals surface area (Å²) in [6.07, 6.45) is 4.85. The number of aromatic hydroxyl groups is 1. The van der Waals surface area contributed by atoms with E-state index >= 15 is 0 Å². The summed E-state index contributed by atoms with van der Waals surface area (Å²) in [6, 6.07) is 10.1. The Bertz CT molecular complexity index is 1020. The molecule has 1 aliphatic heterocycles. The van der Waals surface area contributed by atoms with Gasteiger partial charge in [0.15, 0.2) is 0 Å². The summed E-state index contributed by atoms with van der Waals surface area (Å²) in [7, 11) is 0. The first-order chi connectivity index (χ1) is 12.6. The lowest BCUT2D eigenvalue weighted by atomic mass is 9.97. The zero-order chi connectivity index (χ0) is 18.3. The Kier molecular flexibility index (Phi) is 4.45. The van der Waals surface area contributed by atoms with Crippen LogP contribution in [-0.2, 0) is 6.54 Å². The first-order valence-electron chi connectivity index (χ1n) is 9.51. The van der Waals surface area contributed by atoms with E-state index < -0.39 is 0 Å². The van der Waals surface area contributed by atoms with Crippen LogP contribution in [0.5, 0.6) is 5.75 Å². The van der Waals surface area contributed by atoms with Gasteiger partial charge in [0, 0.05) is 29.1 Å². The molecule has 2 heterocycles. The second-order valence-corrected chi connectivity index (χ2v) is 7.35. The minimum Gasteiger partial charge on any atom is -0.507 e. The number of hydrogen-bond acceptors (Lipinski definition) is 4. The largest absolute Gasteiger partial charge is 0.507 e. The number of fused-ring (bicyclic) bond motifs is 3. The predicted octanol–water partition coefficient (Wildman–Crippen LogP) is 4.72. The van der Waals surface area contributed by atoms with Crippen LogP contribution in [0.4, 0.5) is 0 Å². The van der Waals surface area contributed by atoms with Crippen molar-refractivity contribution < 1.29 is 9.52 Å². The van der Waals surface area contributed by atoms with Crippen molar-refractivity contribution in [3.8, 4) is 5.75 Å². The number of rotatable bonds is 3. The molecule has 1 aromatic heterocycles. The van der Waals surface area contributed by atoms with Gasteiger partial charge in [-0.25, -0.2) is 4.79 Å². The summed E-state index contributed by atoms with van der Waals surface area (Å²) in [5.74, 6) is 0.247. The third kappa shape index (κ3) is 2.78. The topological polar surface area (TPSA) is 53.7 Å². The number of hydrogen-bond donors (Lipinski definition) is 1. The fourth-order valence-electron chi connectivity index (χ4n) is 4.30. The summed E-state index contributed by atoms with van der Waals surface area (Å²) in [5.41, 5.74) is 1.69. The van der Waals surface area contributed by atoms with E-state index in [1.165, 1.54) is 19.3 Å². The van der Waals surface area contributed by atoms with Crippen molar-refractivity contribution in [2.24, 2.45) is 0 Å². The maximum Gasteiger partial charge on any atom is 0.344 e. The Hall–Kier alpha value is -2.33. The second kappa shape index (κ2) is 6.76. The Morgan fingerprint density at radius 1 is 1.19 bits per heavy atom. The van der Waals surface area contributed by atoms with E-state index in [0.717, 1.165) is 35.8 Å². The molecule has 1 aliphatic rings. The van der Waals surface area contributed by atoms with Gasteiger partial charge in [-0.05, 0) is 50.2 Å². The average Bonchev–Trinajstić information content (AvgIpc) is 2.67. The molecule has 0 radical (unpaired) electrons. The third-order valence-corrected chi connectivity index (χ3v) is 5.79. The number of phenols is 1. The fourth-order valence-corrected chi connectivity index (χ4v) is 4.30. The summed E-state index contributed by atoms with van der Waals surface area (Å²) in [6.45, 7) is 5.86. The zero-order valence-electron chi connectivity index (χ0n) is 15.4. The number of piperidine rings is 1. The Labute approximate surface area is 153 Å². The number of phenolic OH excluding ortho intramolecular Hbond substituents is 1. The highest BCUT2D eigenvalue weighted by Crippen LogP contribution is 2.35. The zero-order valence-corrected chi connectivity index (χ0v) is 15.4. The fraction of sp³-hybridized carbons (Fsp3) is 0.409. The van der Waals surface area contributed by atoms with E-state index in [1.54, 1.807) is 6.07 Å². The molecule has 0 bridgehead atoms. The number of aryl methyl sites for hydroxylation is 1. The van der Waals surface area contributed by atoms with Gasteiger partial charge >= 0.3 is 5.63 Å². The molecule has 1 N–H and O–H groups in total. The van der Waals surface area contributed by atoms with Crippen molar-refractivity contribution in [1.82, 2.24) is 4.90 Å². The first-order valence-corrected chi connectivity index (χ1v) is 9.51. The maximum absolute atomic E-state index is 12.3. The molecular weight excluding hydrogens is 326 g/mol. The molecule has 1 atom stereocenters. The normalized spacial score (nSPS) is 18.6. The van der Waals surface area contributed by atoms with Crippen LogP contribution in [0.1, 0.15) is 43.7 Å². The lowest BCUT2D eigenvalue weighted by molar-refractivity contribution is 0.135. The van der Waals surface area contributed by atoms with Crippen molar-refractivity contribution >= 4 is 21.7 Å². The molecule has 4 heteroatoms. The molecule has 0 amide bonds. The van der Waals surface area contributed by atoms with Crippen LogP contribution >= 0.6 is 0 Å². The molecule has 136 valence electrons. The molecule has 0 aliphatic carbocycles. The molecule has 4 nitrogen and oxygen atoms in total. The van der Waals surface area contributed by atoms with Gasteiger partial charge in [-0.15, -0.1) is 0 Å². The lowest BCUT2D eigenvalue weighted by Crippen LogP contribution is -2.38. The van der Waals surface area contributed by atoms with Crippen LogP contribution in [0.15, 0.2) is 39.5 Å². The Morgan fingerprint density at radius 3 is 2.73 bits per heavy atom. The standard InChI is InChI=1S/C22H25NO3/c1-3-16-8-6-7-11-23(16)13-15-12-19-17-9-4-5-10-18(17)22(25)26-21(19)14(2)20(15)24/h4-5,9-10,12,16,24H,3,6-8,11,13H2,1-2H3/t16-/m0/s1. The van der Waals surface area contributed by atoms with Gasteiger partial charge in [0.2, 0.25) is 0 Å². The van der Waals surface area contributed by atoms with Gasteiger partial charge in [-0.3, -0.25) is 4.90 Å². The van der Waals surface area contributed by atoms with E-state index in [0.29, 0.717) is 22.6 Å². The van der Waals surface area contributed by atoms with Gasteiger partial charge in [0.05, 0.1) is 5.39 Å². The highest BCUT2D eigenvalue weighted by atomic mass is 16.4. The lowest BCUT2D eigenvalue weighted by Gasteiger charge is -2.35. The van der Waals surface area contributed by atoms with Crippen molar-refractivity contribution in [3.05, 3.63) is 51.9 Å². The molecule has 26 heavy (non-hydrogen) atoms. The number of likely N-dealkylation sites (tertiary alicyclic amines) is 1. The molecule has 3 aromatic rings. The van der Waals surface area contributed by atoms with Gasteiger partial charge in [0.25, 0.3) is 0 Å². The molecule has 1 saturated heterocycles. The minimum absolute atomic E-state index is 0.247. The highest BCUT2D eigenvalue weighted by Gasteiger charge is 2.23. The van der Waals surface area contributed by atoms with E-state index in [1.807, 2.05) is 31.2 Å². The molecular formula is C22H25NO3. The van der Waals surface area contributed by atoms with Crippen molar-refractivity contribution in [1.29, 1.82) is 0 Å². The summed E-state index contributed by atoms with van der Waals surface area (Å²) in [4.78, 5) is 14.8. The van der Waals surface area contributed by atoms with Gasteiger partial charge in [-0.1, -0.05) is 31.5 Å².